The molecule has 1 N–H and O–H groups in total. The van der Waals surface area contributed by atoms with E-state index in [4.69, 9.17) is 5.11 Å². The molecule has 0 aliphatic rings. The van der Waals surface area contributed by atoms with Crippen LogP contribution in [0.3, 0.4) is 0 Å². The van der Waals surface area contributed by atoms with Crippen molar-refractivity contribution < 1.29 is 9.90 Å². The average molecular weight is 259 g/mol. The second-order valence-corrected chi connectivity index (χ2v) is 4.45. The maximum Gasteiger partial charge on any atom is 0.323 e. The fourth-order valence-electron chi connectivity index (χ4n) is 1.87. The van der Waals surface area contributed by atoms with Crippen LogP contribution in [0.1, 0.15) is 5.56 Å². The average Bonchev–Trinajstić information content (AvgIpc) is 2.88. The summed E-state index contributed by atoms with van der Waals surface area (Å²) >= 11 is 0. The second kappa shape index (κ2) is 6.04. The van der Waals surface area contributed by atoms with Gasteiger partial charge < -0.3 is 14.6 Å². The first-order valence-corrected chi connectivity index (χ1v) is 6.14. The number of carboxylic acid groups (broad SMARTS) is 1. The molecule has 5 nitrogen and oxygen atoms in total. The summed E-state index contributed by atoms with van der Waals surface area (Å²) in [6.45, 7) is 3.35. The van der Waals surface area contributed by atoms with Gasteiger partial charge in [-0.2, -0.15) is 0 Å². The lowest BCUT2D eigenvalue weighted by atomic mass is 10.2. The molecule has 0 bridgehead atoms. The molecule has 0 amide bonds. The number of imidazole rings is 1. The molecule has 1 heterocycles. The van der Waals surface area contributed by atoms with E-state index in [1.807, 2.05) is 46.9 Å². The molecule has 5 heteroatoms. The maximum absolute atomic E-state index is 11.0. The van der Waals surface area contributed by atoms with Crippen LogP contribution < -0.4 is 4.90 Å². The van der Waals surface area contributed by atoms with Gasteiger partial charge in [0.05, 0.1) is 6.33 Å². The van der Waals surface area contributed by atoms with Gasteiger partial charge in [0.25, 0.3) is 0 Å². The largest absolute Gasteiger partial charge is 0.480 e. The summed E-state index contributed by atoms with van der Waals surface area (Å²) in [5, 5.41) is 9.00. The van der Waals surface area contributed by atoms with E-state index in [1.54, 1.807) is 12.5 Å². The molecule has 2 aromatic rings. The van der Waals surface area contributed by atoms with Crippen LogP contribution >= 0.6 is 0 Å². The molecule has 0 spiro atoms. The summed E-state index contributed by atoms with van der Waals surface area (Å²) in [6.07, 6.45) is 5.32. The van der Waals surface area contributed by atoms with Crippen molar-refractivity contribution in [3.63, 3.8) is 0 Å². The number of benzene rings is 1. The number of hydrogen-bond acceptors (Lipinski definition) is 3. The van der Waals surface area contributed by atoms with E-state index in [0.29, 0.717) is 13.1 Å². The van der Waals surface area contributed by atoms with Crippen molar-refractivity contribution in [3.8, 4) is 0 Å². The summed E-state index contributed by atoms with van der Waals surface area (Å²) < 4.78 is 1.93. The molecule has 0 aliphatic carbocycles. The fourth-order valence-corrected chi connectivity index (χ4v) is 1.87. The van der Waals surface area contributed by atoms with Gasteiger partial charge in [-0.1, -0.05) is 17.7 Å². The van der Waals surface area contributed by atoms with Crippen LogP contribution in [-0.4, -0.2) is 33.7 Å². The van der Waals surface area contributed by atoms with Crippen LogP contribution in [0.15, 0.2) is 43.0 Å². The molecule has 1 aromatic carbocycles. The number of carbonyl (C=O) groups is 1. The highest BCUT2D eigenvalue weighted by molar-refractivity contribution is 5.73. The molecule has 0 aliphatic heterocycles. The van der Waals surface area contributed by atoms with Gasteiger partial charge >= 0.3 is 5.97 Å². The number of nitrogens with zero attached hydrogens (tertiary/aromatic N) is 3. The first-order chi connectivity index (χ1) is 9.15. The number of aromatic nitrogens is 2. The third kappa shape index (κ3) is 3.84. The van der Waals surface area contributed by atoms with Gasteiger partial charge in [0.1, 0.15) is 6.54 Å². The van der Waals surface area contributed by atoms with Gasteiger partial charge in [-0.3, -0.25) is 4.79 Å². The molecule has 0 fully saturated rings. The predicted octanol–water partition coefficient (Wildman–Crippen LogP) is 1.78. The van der Waals surface area contributed by atoms with Crippen molar-refractivity contribution in [2.75, 3.05) is 18.0 Å². The van der Waals surface area contributed by atoms with Gasteiger partial charge in [-0.25, -0.2) is 4.98 Å². The Labute approximate surface area is 112 Å². The quantitative estimate of drug-likeness (QED) is 0.859. The number of rotatable bonds is 6. The molecule has 0 saturated heterocycles. The molecule has 0 saturated carbocycles. The zero-order valence-electron chi connectivity index (χ0n) is 10.9. The van der Waals surface area contributed by atoms with Crippen molar-refractivity contribution >= 4 is 11.7 Å². The van der Waals surface area contributed by atoms with Crippen molar-refractivity contribution in [1.29, 1.82) is 0 Å². The van der Waals surface area contributed by atoms with Crippen molar-refractivity contribution in [1.82, 2.24) is 9.55 Å². The molecule has 0 radical (unpaired) electrons. The van der Waals surface area contributed by atoms with E-state index < -0.39 is 5.97 Å². The van der Waals surface area contributed by atoms with Gasteiger partial charge in [0.15, 0.2) is 0 Å². The van der Waals surface area contributed by atoms with E-state index in [9.17, 15) is 4.79 Å². The van der Waals surface area contributed by atoms with Gasteiger partial charge in [-0.15, -0.1) is 0 Å². The number of aryl methyl sites for hydroxylation is 1. The summed E-state index contributed by atoms with van der Waals surface area (Å²) in [5.41, 5.74) is 2.08. The van der Waals surface area contributed by atoms with Crippen molar-refractivity contribution in [2.45, 2.75) is 13.5 Å². The monoisotopic (exact) mass is 259 g/mol. The van der Waals surface area contributed by atoms with E-state index in [0.717, 1.165) is 11.3 Å². The topological polar surface area (TPSA) is 58.4 Å². The molecule has 1 aromatic heterocycles. The Balaban J connectivity index is 2.06. The Morgan fingerprint density at radius 3 is 2.68 bits per heavy atom. The minimum atomic E-state index is -0.828. The van der Waals surface area contributed by atoms with Crippen LogP contribution in [-0.2, 0) is 11.3 Å². The number of hydrogen-bond donors (Lipinski definition) is 1. The number of aliphatic carboxylic acids is 1. The van der Waals surface area contributed by atoms with Crippen LogP contribution in [0.25, 0.3) is 0 Å². The molecule has 100 valence electrons. The zero-order valence-corrected chi connectivity index (χ0v) is 10.9. The highest BCUT2D eigenvalue weighted by Crippen LogP contribution is 2.14. The van der Waals surface area contributed by atoms with Crippen molar-refractivity contribution in [3.05, 3.63) is 48.5 Å². The minimum Gasteiger partial charge on any atom is -0.480 e. The third-order valence-electron chi connectivity index (χ3n) is 2.91. The van der Waals surface area contributed by atoms with Crippen LogP contribution in [0.5, 0.6) is 0 Å². The van der Waals surface area contributed by atoms with Crippen molar-refractivity contribution in [2.24, 2.45) is 0 Å². The van der Waals surface area contributed by atoms with Gasteiger partial charge in [-0.05, 0) is 19.1 Å². The Hall–Kier alpha value is -2.30. The molecule has 0 unspecified atom stereocenters. The molecule has 19 heavy (non-hydrogen) atoms. The molecule has 2 rings (SSSR count). The molecular formula is C14H17N3O2. The predicted molar refractivity (Wildman–Crippen MR) is 73.3 cm³/mol. The minimum absolute atomic E-state index is 0.00222. The highest BCUT2D eigenvalue weighted by Gasteiger charge is 2.10. The van der Waals surface area contributed by atoms with E-state index in [2.05, 4.69) is 4.98 Å². The Morgan fingerprint density at radius 1 is 1.37 bits per heavy atom. The Bertz CT molecular complexity index is 520. The highest BCUT2D eigenvalue weighted by atomic mass is 16.4. The Morgan fingerprint density at radius 2 is 2.11 bits per heavy atom. The van der Waals surface area contributed by atoms with Gasteiger partial charge in [0, 0.05) is 31.2 Å². The second-order valence-electron chi connectivity index (χ2n) is 4.45. The van der Waals surface area contributed by atoms with Gasteiger partial charge in [0.2, 0.25) is 0 Å². The molecule has 0 atom stereocenters. The number of anilines is 1. The lowest BCUT2D eigenvalue weighted by Gasteiger charge is -2.23. The summed E-state index contributed by atoms with van der Waals surface area (Å²) in [7, 11) is 0. The first kappa shape index (κ1) is 13.1. The lowest BCUT2D eigenvalue weighted by molar-refractivity contribution is -0.135. The van der Waals surface area contributed by atoms with Crippen LogP contribution in [0.4, 0.5) is 5.69 Å². The first-order valence-electron chi connectivity index (χ1n) is 6.14. The zero-order chi connectivity index (χ0) is 13.7. The molecular weight excluding hydrogens is 242 g/mol. The van der Waals surface area contributed by atoms with E-state index in [1.165, 1.54) is 0 Å². The third-order valence-corrected chi connectivity index (χ3v) is 2.91. The fraction of sp³-hybridized carbons (Fsp3) is 0.286. The van der Waals surface area contributed by atoms with E-state index in [-0.39, 0.29) is 6.54 Å². The summed E-state index contributed by atoms with van der Waals surface area (Å²) in [6, 6.07) is 7.88. The van der Waals surface area contributed by atoms with Crippen LogP contribution in [0, 0.1) is 6.92 Å². The number of carboxylic acids is 1. The summed E-state index contributed by atoms with van der Waals surface area (Å²) in [5.74, 6) is -0.828. The SMILES string of the molecule is Cc1ccc(N(CCn2ccnc2)CC(=O)O)cc1. The normalized spacial score (nSPS) is 10.4. The standard InChI is InChI=1S/C14H17N3O2/c1-12-2-4-13(5-3-12)17(10-14(18)19)9-8-16-7-6-15-11-16/h2-7,11H,8-10H2,1H3,(H,18,19). The lowest BCUT2D eigenvalue weighted by Crippen LogP contribution is -2.32. The smallest absolute Gasteiger partial charge is 0.323 e. The Kier molecular flexibility index (Phi) is 4.18. The summed E-state index contributed by atoms with van der Waals surface area (Å²) in [4.78, 5) is 16.8. The van der Waals surface area contributed by atoms with E-state index >= 15 is 0 Å². The van der Waals surface area contributed by atoms with Crippen LogP contribution in [0.2, 0.25) is 0 Å². The maximum atomic E-state index is 11.0.